The molecule has 7 heterocycles. The number of aromatic nitrogens is 3. The van der Waals surface area contributed by atoms with Crippen molar-refractivity contribution in [1.82, 2.24) is 24.8 Å². The van der Waals surface area contributed by atoms with Crippen LogP contribution < -0.4 is 16.2 Å². The van der Waals surface area contributed by atoms with Gasteiger partial charge in [0.05, 0.1) is 35.6 Å². The van der Waals surface area contributed by atoms with E-state index in [0.717, 1.165) is 33.5 Å². The van der Waals surface area contributed by atoms with Crippen LogP contribution in [0.25, 0.3) is 10.2 Å². The fourth-order valence-electron chi connectivity index (χ4n) is 7.18. The van der Waals surface area contributed by atoms with Crippen molar-refractivity contribution in [3.05, 3.63) is 44.4 Å². The van der Waals surface area contributed by atoms with Crippen LogP contribution in [0.2, 0.25) is 0 Å². The van der Waals surface area contributed by atoms with Crippen LogP contribution in [-0.4, -0.2) is 76.5 Å². The van der Waals surface area contributed by atoms with Gasteiger partial charge in [-0.3, -0.25) is 19.0 Å². The summed E-state index contributed by atoms with van der Waals surface area (Å²) >= 11 is 1.55. The lowest BCUT2D eigenvalue weighted by Gasteiger charge is -2.38. The molecule has 2 bridgehead atoms. The number of likely N-dealkylation sites (tertiary alicyclic amines) is 1. The molecule has 2 amide bonds. The Morgan fingerprint density at radius 1 is 1.27 bits per heavy atom. The first-order valence-corrected chi connectivity index (χ1v) is 16.0. The van der Waals surface area contributed by atoms with Gasteiger partial charge < -0.3 is 20.3 Å². The van der Waals surface area contributed by atoms with Gasteiger partial charge in [-0.05, 0) is 49.8 Å². The monoisotopic (exact) mass is 582 g/mol. The molecule has 3 aromatic rings. The largest absolute Gasteiger partial charge is 0.374 e. The summed E-state index contributed by atoms with van der Waals surface area (Å²) in [5.41, 5.74) is 0.293. The number of hydrogen-bond donors (Lipinski definition) is 2. The molecule has 208 valence electrons. The molecule has 3 atom stereocenters. The minimum absolute atomic E-state index is 0.0757. The highest BCUT2D eigenvalue weighted by atomic mass is 32.2. The number of carbonyl (C=O) groups is 2. The van der Waals surface area contributed by atoms with Crippen molar-refractivity contribution in [1.29, 1.82) is 0 Å². The Labute approximate surface area is 232 Å². The van der Waals surface area contributed by atoms with Crippen LogP contribution in [0.3, 0.4) is 0 Å². The highest BCUT2D eigenvalue weighted by Crippen LogP contribution is 2.42. The van der Waals surface area contributed by atoms with E-state index in [1.807, 2.05) is 4.90 Å². The number of aryl methyl sites for hydroxylation is 2. The summed E-state index contributed by atoms with van der Waals surface area (Å²) in [4.78, 5) is 52.6. The molecule has 3 saturated heterocycles. The zero-order chi connectivity index (χ0) is 27.6. The minimum atomic E-state index is -3.34. The molecule has 14 heteroatoms. The summed E-state index contributed by atoms with van der Waals surface area (Å²) < 4.78 is 31.0. The molecule has 12 nitrogen and oxygen atoms in total. The fraction of sp³-hybridized carbons (Fsp3) is 0.500. The van der Waals surface area contributed by atoms with Gasteiger partial charge in [0.2, 0.25) is 5.91 Å². The van der Waals surface area contributed by atoms with Crippen molar-refractivity contribution < 1.29 is 22.7 Å². The number of nitrogens with one attached hydrogen (secondary N) is 2. The maximum Gasteiger partial charge on any atom is 0.276 e. The number of sulfone groups is 1. The van der Waals surface area contributed by atoms with E-state index in [1.54, 1.807) is 24.3 Å². The van der Waals surface area contributed by atoms with E-state index in [1.165, 1.54) is 10.9 Å². The Hall–Kier alpha value is -3.36. The topological polar surface area (TPSA) is 153 Å². The van der Waals surface area contributed by atoms with E-state index in [-0.39, 0.29) is 46.9 Å². The van der Waals surface area contributed by atoms with Crippen LogP contribution in [0, 0.1) is 12.8 Å². The van der Waals surface area contributed by atoms with Crippen molar-refractivity contribution in [3.63, 3.8) is 0 Å². The van der Waals surface area contributed by atoms with Gasteiger partial charge in [-0.2, -0.15) is 0 Å². The minimum Gasteiger partial charge on any atom is -0.374 e. The zero-order valence-electron chi connectivity index (χ0n) is 21.6. The molecule has 1 aliphatic carbocycles. The number of carbonyl (C=O) groups excluding carboxylic acids is 2. The third kappa shape index (κ3) is 3.38. The fourth-order valence-corrected chi connectivity index (χ4v) is 10.2. The maximum atomic E-state index is 13.7. The first kappa shape index (κ1) is 24.4. The smallest absolute Gasteiger partial charge is 0.276 e. The Balaban J connectivity index is 1.13. The molecular weight excluding hydrogens is 556 g/mol. The number of amides is 2. The van der Waals surface area contributed by atoms with E-state index in [9.17, 15) is 22.8 Å². The number of fused-ring (bicyclic) bond motifs is 7. The Bertz CT molecular complexity index is 1820. The second-order valence-corrected chi connectivity index (χ2v) is 14.7. The molecule has 5 aliphatic rings. The molecule has 0 aromatic carbocycles. The van der Waals surface area contributed by atoms with Crippen molar-refractivity contribution in [2.24, 2.45) is 5.92 Å². The molecule has 0 radical (unpaired) electrons. The second kappa shape index (κ2) is 8.10. The number of thiophene rings is 1. The highest BCUT2D eigenvalue weighted by Gasteiger charge is 2.57. The van der Waals surface area contributed by atoms with Gasteiger partial charge in [-0.15, -0.1) is 11.3 Å². The molecule has 3 aromatic heterocycles. The second-order valence-electron chi connectivity index (χ2n) is 11.6. The van der Waals surface area contributed by atoms with Crippen LogP contribution in [-0.2, 0) is 37.9 Å². The van der Waals surface area contributed by atoms with E-state index in [0.29, 0.717) is 37.4 Å². The van der Waals surface area contributed by atoms with Crippen LogP contribution in [0.1, 0.15) is 39.3 Å². The molecule has 4 aliphatic heterocycles. The van der Waals surface area contributed by atoms with Crippen molar-refractivity contribution in [2.45, 2.75) is 50.4 Å². The van der Waals surface area contributed by atoms with Gasteiger partial charge in [0.1, 0.15) is 34.0 Å². The average molecular weight is 583 g/mol. The summed E-state index contributed by atoms with van der Waals surface area (Å²) in [5, 5.41) is 6.74. The summed E-state index contributed by atoms with van der Waals surface area (Å²) in [7, 11) is -3.34. The molecule has 40 heavy (non-hydrogen) atoms. The van der Waals surface area contributed by atoms with Crippen LogP contribution in [0.4, 0.5) is 11.5 Å². The molecule has 3 fully saturated rings. The standard InChI is InChI=1S/C26H26N6O6S2/c1-12-4-17(25(35)32-20(12)22(33)30-26(32)9-40(36,37)10-26)29-21-19-16-3-2-13(5-18(16)39-23(19)28-11-27-21)24(34)31-7-15-6-14(31)8-38-15/h4,11,13-15H,2-3,5-10H2,1H3,(H,30,33)(H,27,28,29)/t13-,14+,15+/m0/s1. The number of rotatable bonds is 3. The summed E-state index contributed by atoms with van der Waals surface area (Å²) in [5.74, 6) is -0.475. The van der Waals surface area contributed by atoms with Crippen molar-refractivity contribution in [3.8, 4) is 0 Å². The van der Waals surface area contributed by atoms with Gasteiger partial charge in [-0.25, -0.2) is 18.4 Å². The third-order valence-corrected chi connectivity index (χ3v) is 11.9. The lowest BCUT2D eigenvalue weighted by molar-refractivity contribution is -0.140. The summed E-state index contributed by atoms with van der Waals surface area (Å²) in [6, 6.07) is 1.80. The zero-order valence-corrected chi connectivity index (χ0v) is 23.2. The molecule has 0 saturated carbocycles. The SMILES string of the molecule is Cc1cc(Nc2ncnc3sc4c(c23)CC[C@H](C(=O)N2C[C@H]3C[C@@H]2CO3)C4)c(=O)n2c1C(=O)NC21CS(=O)(=O)C1. The molecule has 1 spiro atoms. The highest BCUT2D eigenvalue weighted by molar-refractivity contribution is 7.92. The van der Waals surface area contributed by atoms with Gasteiger partial charge in [0.15, 0.2) is 9.84 Å². The van der Waals surface area contributed by atoms with Gasteiger partial charge in [-0.1, -0.05) is 0 Å². The quantitative estimate of drug-likeness (QED) is 0.457. The number of pyridine rings is 1. The summed E-state index contributed by atoms with van der Waals surface area (Å²) in [6.07, 6.45) is 4.62. The first-order valence-electron chi connectivity index (χ1n) is 13.4. The third-order valence-electron chi connectivity index (χ3n) is 8.93. The van der Waals surface area contributed by atoms with E-state index < -0.39 is 27.0 Å². The van der Waals surface area contributed by atoms with E-state index in [2.05, 4.69) is 20.6 Å². The Morgan fingerprint density at radius 3 is 2.83 bits per heavy atom. The normalized spacial score (nSPS) is 27.0. The van der Waals surface area contributed by atoms with Gasteiger partial charge in [0, 0.05) is 17.3 Å². The molecule has 0 unspecified atom stereocenters. The first-order chi connectivity index (χ1) is 19.1. The van der Waals surface area contributed by atoms with Crippen LogP contribution >= 0.6 is 11.3 Å². The lowest BCUT2D eigenvalue weighted by Crippen LogP contribution is -2.64. The number of nitrogens with zero attached hydrogens (tertiary/aromatic N) is 4. The maximum absolute atomic E-state index is 13.7. The van der Waals surface area contributed by atoms with E-state index in [4.69, 9.17) is 4.74 Å². The molecule has 8 rings (SSSR count). The molecule has 2 N–H and O–H groups in total. The Kier molecular flexibility index (Phi) is 4.95. The average Bonchev–Trinajstić information content (AvgIpc) is 3.67. The predicted octanol–water partition coefficient (Wildman–Crippen LogP) is 0.834. The molecular formula is C26H26N6O6S2. The predicted molar refractivity (Wildman–Crippen MR) is 146 cm³/mol. The van der Waals surface area contributed by atoms with Gasteiger partial charge in [0.25, 0.3) is 11.5 Å². The number of morpholine rings is 1. The Morgan fingerprint density at radius 2 is 2.10 bits per heavy atom. The number of anilines is 2. The lowest BCUT2D eigenvalue weighted by atomic mass is 9.86. The van der Waals surface area contributed by atoms with Crippen LogP contribution in [0.5, 0.6) is 0 Å². The van der Waals surface area contributed by atoms with Gasteiger partial charge >= 0.3 is 0 Å². The van der Waals surface area contributed by atoms with Crippen LogP contribution in [0.15, 0.2) is 17.2 Å². The summed E-state index contributed by atoms with van der Waals surface area (Å²) in [6.45, 7) is 3.04. The number of ether oxygens (including phenoxy) is 1. The van der Waals surface area contributed by atoms with E-state index >= 15 is 0 Å². The van der Waals surface area contributed by atoms with Crippen molar-refractivity contribution >= 4 is 54.7 Å². The number of hydrogen-bond acceptors (Lipinski definition) is 10. The van der Waals surface area contributed by atoms with Crippen molar-refractivity contribution in [2.75, 3.05) is 30.0 Å².